The van der Waals surface area contributed by atoms with Gasteiger partial charge in [-0.3, -0.25) is 18.6 Å². The lowest BCUT2D eigenvalue weighted by atomic mass is 9.98. The number of aromatic amines is 1. The van der Waals surface area contributed by atoms with Crippen molar-refractivity contribution >= 4 is 96.3 Å². The number of nitrogens with two attached hydrogens (primary N) is 1. The zero-order chi connectivity index (χ0) is 93.3. The normalized spacial score (nSPS) is 12.0. The quantitative estimate of drug-likeness (QED) is 0.0119. The predicted octanol–water partition coefficient (Wildman–Crippen LogP) is 15.1. The number of tetrazole rings is 1. The van der Waals surface area contributed by atoms with Gasteiger partial charge in [-0.2, -0.15) is 24.5 Å². The minimum atomic E-state index is -3.51. The van der Waals surface area contributed by atoms with Gasteiger partial charge in [-0.1, -0.05) is 129 Å². The number of sulfonamides is 3. The van der Waals surface area contributed by atoms with Gasteiger partial charge in [0, 0.05) is 41.2 Å². The number of halogens is 8. The number of H-pyrrole nitrogens is 1. The second-order valence-electron chi connectivity index (χ2n) is 27.2. The van der Waals surface area contributed by atoms with Crippen LogP contribution in [0.4, 0.5) is 77.3 Å². The van der Waals surface area contributed by atoms with Gasteiger partial charge >= 0.3 is 6.43 Å². The lowest BCUT2D eigenvalue weighted by Gasteiger charge is -2.21. The van der Waals surface area contributed by atoms with Gasteiger partial charge in [0.25, 0.3) is 11.8 Å². The third-order valence-corrected chi connectivity index (χ3v) is 19.1. The second-order valence-corrected chi connectivity index (χ2v) is 35.5. The average Bonchev–Trinajstić information content (AvgIpc) is 1.42. The Bertz CT molecular complexity index is 6520. The van der Waals surface area contributed by atoms with Gasteiger partial charge in [0.1, 0.15) is 35.4 Å². The highest BCUT2D eigenvalue weighted by Gasteiger charge is 2.24. The Morgan fingerprint density at radius 2 is 0.713 bits per heavy atom. The van der Waals surface area contributed by atoms with E-state index in [1.807, 2.05) is 60.7 Å². The number of hydrogen-bond donors (Lipinski definition) is 9. The molecule has 129 heavy (non-hydrogen) atoms. The summed E-state index contributed by atoms with van der Waals surface area (Å²) in [5, 5.41) is 51.0. The fourth-order valence-corrected chi connectivity index (χ4v) is 13.5. The van der Waals surface area contributed by atoms with E-state index in [1.54, 1.807) is 109 Å². The second kappa shape index (κ2) is 47.6. The van der Waals surface area contributed by atoms with Crippen molar-refractivity contribution < 1.29 is 70.2 Å². The van der Waals surface area contributed by atoms with Crippen LogP contribution in [-0.4, -0.2) is 137 Å². The number of nitriles is 2. The molecule has 14 aromatic rings. The molecule has 0 aliphatic heterocycles. The number of hydrogen-bond acceptors (Lipinski definition) is 29. The van der Waals surface area contributed by atoms with Crippen LogP contribution in [0, 0.1) is 45.9 Å². The summed E-state index contributed by atoms with van der Waals surface area (Å²) in [6.45, 7) is 0. The molecule has 0 saturated carbocycles. The zero-order valence-electron chi connectivity index (χ0n) is 68.6. The summed E-state index contributed by atoms with van der Waals surface area (Å²) in [4.78, 5) is 33.6. The van der Waals surface area contributed by atoms with E-state index in [2.05, 4.69) is 117 Å². The summed E-state index contributed by atoms with van der Waals surface area (Å²) in [5.74, 6) is -0.796. The van der Waals surface area contributed by atoms with Gasteiger partial charge in [0.05, 0.1) is 122 Å². The number of alkyl halides is 3. The van der Waals surface area contributed by atoms with Crippen molar-refractivity contribution in [1.82, 2.24) is 70.7 Å². The van der Waals surface area contributed by atoms with Crippen molar-refractivity contribution in [2.45, 2.75) is 63.7 Å². The molecule has 0 spiro atoms. The van der Waals surface area contributed by atoms with Crippen molar-refractivity contribution in [2.75, 3.05) is 73.3 Å². The smallest absolute Gasteiger partial charge is 0.314 e. The maximum absolute atomic E-state index is 13.5. The molecule has 6 aromatic heterocycles. The van der Waals surface area contributed by atoms with Gasteiger partial charge in [0.15, 0.2) is 0 Å². The SMILES string of the molecule is C.CS(=O)(=O)Cl.CS(=O)(=O)Nc1ccccc1CC(Nc1ncc(-c2nn[nH]n2)cn1)c1ccc(F)cc1.CS(=O)(=O)Nc1ccccc1CC(Nc1ncc(-c2nnc(C(F)F)o2)cn1)c1ccc(F)cc1.CS(=O)(=O)Nc1ccccc1CC(Nc1ncc(C#N)cn1)c1ccc(F)cc1.N#Cc1cnc(NC(Cc2ccccc2N)c2ccc(F)cc2)nc1.[2H]CF. The topological polar surface area (TPSA) is 491 Å². The minimum Gasteiger partial charge on any atom is -0.415 e. The maximum atomic E-state index is 13.5. The standard InChI is InChI=1S/C22H19F3N6O3S.C20H19FN8O2S.C20H18FN5O2S.C19H16FN5.CH3ClO2S.CH3F.CH4/c1-35(32,33)31-17-5-3-2-4-14(17)10-18(13-6-8-16(23)9-7-13)28-22-26-11-15(12-27-22)20-29-30-21(34-20)19(24)25;1-32(30,31)27-17-5-3-2-4-14(17)10-18(13-6-8-16(21)9-7-13)24-20-22-11-15(12-23-20)19-25-28-29-26-19;1-29(27,28)26-18-5-3-2-4-16(18)10-19(15-6-8-17(21)9-7-15)25-20-23-12-14(11-22)13-24-20;20-16-7-5-14(6-8-16)18(9-15-3-1-2-4-17(15)22)25-19-23-11-13(10-21)12-24-19;1-5(2,3)4;1-2;/h2-9,11-12,18-19,31H,10H2,1H3,(H,26,27,28);2-9,11-12,18,27H,10H2,1H3,(H,22,23,24)(H,25,26,28,29);2-9,12-13,19,26H,10H2,1H3,(H,23,24,25);1-8,11-12,18H,9,22H2,(H,23,24,25);1H3;1H3;1H4/i;;;;;1D;. The monoisotopic (exact) mass is 1870 g/mol. The average molecular weight is 1870 g/mol. The lowest BCUT2D eigenvalue weighted by Crippen LogP contribution is -2.17. The first kappa shape index (κ1) is 98.1. The molecule has 8 aromatic carbocycles. The molecular formula is C84H82ClF7N24O9S4. The molecule has 0 radical (unpaired) electrons. The maximum Gasteiger partial charge on any atom is 0.314 e. The Hall–Kier alpha value is -14.7. The molecule has 0 fully saturated rings. The van der Waals surface area contributed by atoms with Gasteiger partial charge < -0.3 is 31.4 Å². The van der Waals surface area contributed by atoms with Crippen molar-refractivity contribution in [1.29, 1.82) is 10.5 Å². The number of anilines is 8. The summed E-state index contributed by atoms with van der Waals surface area (Å²) in [6.07, 6.45) is 14.4. The molecule has 10 N–H and O–H groups in total. The van der Waals surface area contributed by atoms with Crippen LogP contribution >= 0.6 is 10.7 Å². The Morgan fingerprint density at radius 3 is 0.984 bits per heavy atom. The van der Waals surface area contributed by atoms with Crippen molar-refractivity contribution in [2.24, 2.45) is 0 Å². The first-order chi connectivity index (χ1) is 61.4. The molecule has 4 atom stereocenters. The molecule has 0 amide bonds. The molecule has 0 aliphatic carbocycles. The Kier molecular flexibility index (Phi) is 36.2. The first-order valence-corrected chi connectivity index (χ1v) is 45.6. The highest BCUT2D eigenvalue weighted by Crippen LogP contribution is 2.33. The molecule has 33 nitrogen and oxygen atoms in total. The van der Waals surface area contributed by atoms with E-state index in [9.17, 15) is 64.4 Å². The molecule has 6 heterocycles. The van der Waals surface area contributed by atoms with E-state index in [1.165, 1.54) is 85.7 Å². The zero-order valence-corrected chi connectivity index (χ0v) is 71.7. The van der Waals surface area contributed by atoms with Crippen LogP contribution in [0.15, 0.2) is 248 Å². The van der Waals surface area contributed by atoms with Crippen LogP contribution < -0.4 is 41.2 Å². The first-order valence-electron chi connectivity index (χ1n) is 37.9. The number of rotatable bonds is 29. The largest absolute Gasteiger partial charge is 0.415 e. The van der Waals surface area contributed by atoms with E-state index in [-0.39, 0.29) is 60.4 Å². The van der Waals surface area contributed by atoms with Crippen LogP contribution in [0.1, 0.15) is 101 Å². The van der Waals surface area contributed by atoms with Crippen LogP contribution in [0.5, 0.6) is 0 Å². The number of nitrogen functional groups attached to an aromatic ring is 1. The fraction of sp³-hybridized carbons (Fsp3) is 0.179. The number of para-hydroxylation sites is 4. The van der Waals surface area contributed by atoms with Gasteiger partial charge in [-0.05, 0) is 148 Å². The van der Waals surface area contributed by atoms with Crippen molar-refractivity contribution in [3.05, 3.63) is 328 Å². The van der Waals surface area contributed by atoms with Gasteiger partial charge in [-0.25, -0.2) is 91.1 Å². The molecule has 0 aliphatic rings. The molecule has 45 heteroatoms. The summed E-state index contributed by atoms with van der Waals surface area (Å²) in [5.41, 5.74) is 15.9. The fourth-order valence-electron chi connectivity index (χ4n) is 11.7. The molecule has 0 bridgehead atoms. The summed E-state index contributed by atoms with van der Waals surface area (Å²) in [7, 11) is -10.1. The number of benzene rings is 8. The summed E-state index contributed by atoms with van der Waals surface area (Å²) in [6, 6.07) is 55.2. The van der Waals surface area contributed by atoms with Crippen LogP contribution in [0.25, 0.3) is 22.8 Å². The third kappa shape index (κ3) is 33.6. The molecule has 0 saturated heterocycles. The Morgan fingerprint density at radius 1 is 0.434 bits per heavy atom. The Balaban J connectivity index is 0.000000208. The summed E-state index contributed by atoms with van der Waals surface area (Å²) >= 11 is 0. The van der Waals surface area contributed by atoms with Crippen molar-refractivity contribution in [3.63, 3.8) is 0 Å². The van der Waals surface area contributed by atoms with E-state index >= 15 is 0 Å². The van der Waals surface area contributed by atoms with Gasteiger partial charge in [0.2, 0.25) is 68.7 Å². The minimum absolute atomic E-state index is 0. The van der Waals surface area contributed by atoms with E-state index in [4.69, 9.17) is 22.0 Å². The highest BCUT2D eigenvalue weighted by molar-refractivity contribution is 8.13. The third-order valence-electron chi connectivity index (χ3n) is 17.3. The van der Waals surface area contributed by atoms with Crippen LogP contribution in [0.2, 0.25) is 0 Å². The summed E-state index contributed by atoms with van der Waals surface area (Å²) < 4.78 is 196. The predicted molar refractivity (Wildman–Crippen MR) is 475 cm³/mol. The van der Waals surface area contributed by atoms with E-state index in [0.717, 1.165) is 58.4 Å². The molecular weight excluding hydrogens is 1790 g/mol. The number of nitrogens with one attached hydrogen (secondary N) is 8. The van der Waals surface area contributed by atoms with Gasteiger partial charge in [-0.15, -0.1) is 20.4 Å². The number of aromatic nitrogens is 14. The number of nitrogens with zero attached hydrogens (tertiary/aromatic N) is 15. The molecule has 4 unspecified atom stereocenters. The van der Waals surface area contributed by atoms with E-state index < -0.39 is 70.4 Å². The van der Waals surface area contributed by atoms with E-state index in [0.29, 0.717) is 99.9 Å². The highest BCUT2D eigenvalue weighted by atomic mass is 35.7. The Labute approximate surface area is 743 Å². The van der Waals surface area contributed by atoms with Crippen LogP contribution in [-0.2, 0) is 64.8 Å². The van der Waals surface area contributed by atoms with Crippen molar-refractivity contribution in [3.8, 4) is 35.0 Å². The van der Waals surface area contributed by atoms with Crippen LogP contribution in [0.3, 0.4) is 0 Å². The lowest BCUT2D eigenvalue weighted by molar-refractivity contribution is 0.116. The molecule has 14 rings (SSSR count). The molecule has 672 valence electrons.